The van der Waals surface area contributed by atoms with Gasteiger partial charge >= 0.3 is 6.18 Å². The van der Waals surface area contributed by atoms with Gasteiger partial charge in [-0.15, -0.1) is 0 Å². The lowest BCUT2D eigenvalue weighted by Crippen LogP contribution is -2.15. The zero-order chi connectivity index (χ0) is 15.7. The predicted octanol–water partition coefficient (Wildman–Crippen LogP) is 4.60. The van der Waals surface area contributed by atoms with Gasteiger partial charge in [0.25, 0.3) is 5.76 Å². The first-order chi connectivity index (χ1) is 10.5. The topological polar surface area (TPSA) is 39.4 Å². The van der Waals surface area contributed by atoms with Crippen molar-refractivity contribution in [1.29, 1.82) is 0 Å². The van der Waals surface area contributed by atoms with Crippen molar-refractivity contribution in [2.45, 2.75) is 6.18 Å². The van der Waals surface area contributed by atoms with Gasteiger partial charge in [0.2, 0.25) is 11.2 Å². The highest BCUT2D eigenvalue weighted by molar-refractivity contribution is 5.78. The van der Waals surface area contributed by atoms with Gasteiger partial charge in [-0.05, 0) is 24.3 Å². The molecular formula is C16H9F3O3. The Morgan fingerprint density at radius 1 is 0.909 bits per heavy atom. The third kappa shape index (κ3) is 2.55. The van der Waals surface area contributed by atoms with Crippen molar-refractivity contribution in [3.63, 3.8) is 0 Å². The van der Waals surface area contributed by atoms with Gasteiger partial charge in [-0.1, -0.05) is 30.3 Å². The molecule has 0 aliphatic rings. The Morgan fingerprint density at radius 2 is 1.55 bits per heavy atom. The van der Waals surface area contributed by atoms with Crippen LogP contribution in [0.5, 0.6) is 11.5 Å². The minimum atomic E-state index is -4.84. The molecule has 0 aliphatic heterocycles. The van der Waals surface area contributed by atoms with E-state index in [-0.39, 0.29) is 16.7 Å². The Kier molecular flexibility index (Phi) is 3.36. The fourth-order valence-corrected chi connectivity index (χ4v) is 2.01. The molecule has 0 atom stereocenters. The van der Waals surface area contributed by atoms with E-state index in [0.717, 1.165) is 0 Å². The van der Waals surface area contributed by atoms with E-state index in [0.29, 0.717) is 0 Å². The monoisotopic (exact) mass is 306 g/mol. The summed E-state index contributed by atoms with van der Waals surface area (Å²) in [6, 6.07) is 13.5. The highest BCUT2D eigenvalue weighted by atomic mass is 19.4. The van der Waals surface area contributed by atoms with Crippen molar-refractivity contribution in [3.8, 4) is 11.5 Å². The summed E-state index contributed by atoms with van der Waals surface area (Å²) in [6.45, 7) is 0. The van der Waals surface area contributed by atoms with Gasteiger partial charge in [0.1, 0.15) is 11.3 Å². The van der Waals surface area contributed by atoms with Crippen LogP contribution in [0.25, 0.3) is 11.0 Å². The summed E-state index contributed by atoms with van der Waals surface area (Å²) in [7, 11) is 0. The molecule has 0 amide bonds. The summed E-state index contributed by atoms with van der Waals surface area (Å²) in [4.78, 5) is 12.3. The number of halogens is 3. The maximum atomic E-state index is 13.1. The molecule has 0 unspecified atom stereocenters. The van der Waals surface area contributed by atoms with Crippen LogP contribution in [0.2, 0.25) is 0 Å². The highest BCUT2D eigenvalue weighted by Crippen LogP contribution is 2.37. The van der Waals surface area contributed by atoms with Gasteiger partial charge in [-0.25, -0.2) is 0 Å². The quantitative estimate of drug-likeness (QED) is 0.694. The number of ether oxygens (including phenoxy) is 1. The summed E-state index contributed by atoms with van der Waals surface area (Å²) < 4.78 is 49.4. The smallest absolute Gasteiger partial charge is 0.449 e. The van der Waals surface area contributed by atoms with Crippen LogP contribution in [-0.4, -0.2) is 0 Å². The van der Waals surface area contributed by atoms with Crippen molar-refractivity contribution in [2.75, 3.05) is 0 Å². The second-order valence-electron chi connectivity index (χ2n) is 4.50. The van der Waals surface area contributed by atoms with Crippen LogP contribution in [0.4, 0.5) is 13.2 Å². The van der Waals surface area contributed by atoms with E-state index < -0.39 is 23.1 Å². The Labute approximate surface area is 122 Å². The fourth-order valence-electron chi connectivity index (χ4n) is 2.01. The maximum absolute atomic E-state index is 13.1. The second kappa shape index (κ2) is 5.22. The van der Waals surface area contributed by atoms with Gasteiger partial charge in [-0.2, -0.15) is 13.2 Å². The lowest BCUT2D eigenvalue weighted by Gasteiger charge is -2.12. The predicted molar refractivity (Wildman–Crippen MR) is 74.0 cm³/mol. The van der Waals surface area contributed by atoms with Gasteiger partial charge in [0.05, 0.1) is 5.39 Å². The summed E-state index contributed by atoms with van der Waals surface area (Å²) in [6.07, 6.45) is -4.84. The van der Waals surface area contributed by atoms with Gasteiger partial charge in [0.15, 0.2) is 0 Å². The number of para-hydroxylation sites is 2. The van der Waals surface area contributed by atoms with Crippen LogP contribution in [0.1, 0.15) is 5.76 Å². The average Bonchev–Trinajstić information content (AvgIpc) is 2.50. The van der Waals surface area contributed by atoms with Crippen molar-refractivity contribution < 1.29 is 22.3 Å². The minimum absolute atomic E-state index is 0.0291. The molecule has 3 rings (SSSR count). The normalized spacial score (nSPS) is 11.6. The summed E-state index contributed by atoms with van der Waals surface area (Å²) in [5.41, 5.74) is -1.00. The molecule has 22 heavy (non-hydrogen) atoms. The van der Waals surface area contributed by atoms with Crippen LogP contribution in [-0.2, 0) is 6.18 Å². The molecule has 0 bridgehead atoms. The molecule has 0 spiro atoms. The van der Waals surface area contributed by atoms with Crippen LogP contribution < -0.4 is 10.2 Å². The molecule has 6 heteroatoms. The minimum Gasteiger partial charge on any atom is -0.449 e. The summed E-state index contributed by atoms with van der Waals surface area (Å²) in [5, 5.41) is 0.0291. The number of fused-ring (bicyclic) bond motifs is 1. The first-order valence-corrected chi connectivity index (χ1v) is 6.33. The van der Waals surface area contributed by atoms with E-state index in [4.69, 9.17) is 9.15 Å². The van der Waals surface area contributed by atoms with Crippen LogP contribution in [0.3, 0.4) is 0 Å². The number of hydrogen-bond donors (Lipinski definition) is 0. The Bertz CT molecular complexity index is 867. The van der Waals surface area contributed by atoms with Gasteiger partial charge in [0, 0.05) is 0 Å². The molecule has 3 aromatic rings. The van der Waals surface area contributed by atoms with E-state index in [2.05, 4.69) is 0 Å². The third-order valence-electron chi connectivity index (χ3n) is 2.98. The largest absolute Gasteiger partial charge is 0.453 e. The van der Waals surface area contributed by atoms with E-state index in [1.807, 2.05) is 0 Å². The van der Waals surface area contributed by atoms with Crippen molar-refractivity contribution in [3.05, 3.63) is 70.6 Å². The molecular weight excluding hydrogens is 297 g/mol. The van der Waals surface area contributed by atoms with Crippen molar-refractivity contribution in [2.24, 2.45) is 0 Å². The molecule has 112 valence electrons. The van der Waals surface area contributed by atoms with E-state index in [1.165, 1.54) is 30.3 Å². The SMILES string of the molecule is O=c1c(Oc2ccccc2)c(C(F)(F)F)oc2ccccc12. The highest BCUT2D eigenvalue weighted by Gasteiger charge is 2.40. The first kappa shape index (κ1) is 14.2. The lowest BCUT2D eigenvalue weighted by atomic mass is 10.2. The van der Waals surface area contributed by atoms with Gasteiger partial charge < -0.3 is 9.15 Å². The zero-order valence-corrected chi connectivity index (χ0v) is 11.1. The zero-order valence-electron chi connectivity index (χ0n) is 11.1. The number of rotatable bonds is 2. The van der Waals surface area contributed by atoms with Crippen LogP contribution in [0.15, 0.2) is 63.8 Å². The molecule has 0 N–H and O–H groups in total. The molecule has 3 nitrogen and oxygen atoms in total. The molecule has 1 heterocycles. The summed E-state index contributed by atoms with van der Waals surface area (Å²) in [5.74, 6) is -2.19. The van der Waals surface area contributed by atoms with E-state index >= 15 is 0 Å². The van der Waals surface area contributed by atoms with E-state index in [1.54, 1.807) is 24.3 Å². The molecule has 0 radical (unpaired) electrons. The molecule has 0 fully saturated rings. The van der Waals surface area contributed by atoms with Crippen molar-refractivity contribution in [1.82, 2.24) is 0 Å². The average molecular weight is 306 g/mol. The van der Waals surface area contributed by atoms with Crippen LogP contribution in [0, 0.1) is 0 Å². The number of alkyl halides is 3. The summed E-state index contributed by atoms with van der Waals surface area (Å²) >= 11 is 0. The second-order valence-corrected chi connectivity index (χ2v) is 4.50. The first-order valence-electron chi connectivity index (χ1n) is 6.33. The Morgan fingerprint density at radius 3 is 2.23 bits per heavy atom. The number of hydrogen-bond acceptors (Lipinski definition) is 3. The maximum Gasteiger partial charge on any atom is 0.453 e. The lowest BCUT2D eigenvalue weighted by molar-refractivity contribution is -0.154. The molecule has 0 saturated heterocycles. The standard InChI is InChI=1S/C16H9F3O3/c17-16(18,19)15-14(21-10-6-2-1-3-7-10)13(20)11-8-4-5-9-12(11)22-15/h1-9H. The Balaban J connectivity index is 2.26. The van der Waals surface area contributed by atoms with Gasteiger partial charge in [-0.3, -0.25) is 4.79 Å². The molecule has 0 aliphatic carbocycles. The fraction of sp³-hybridized carbons (Fsp3) is 0.0625. The van der Waals surface area contributed by atoms with E-state index in [9.17, 15) is 18.0 Å². The van der Waals surface area contributed by atoms with Crippen LogP contribution >= 0.6 is 0 Å². The third-order valence-corrected chi connectivity index (χ3v) is 2.98. The van der Waals surface area contributed by atoms with Crippen molar-refractivity contribution >= 4 is 11.0 Å². The molecule has 2 aromatic carbocycles. The Hall–Kier alpha value is -2.76. The molecule has 0 saturated carbocycles. The number of benzene rings is 2. The molecule has 1 aromatic heterocycles.